The van der Waals surface area contributed by atoms with Crippen LogP contribution in [0.1, 0.15) is 83.6 Å². The van der Waals surface area contributed by atoms with Crippen LogP contribution in [0.2, 0.25) is 0 Å². The number of nitrogens with zero attached hydrogens (tertiary/aromatic N) is 1. The van der Waals surface area contributed by atoms with Crippen LogP contribution in [0.25, 0.3) is 0 Å². The van der Waals surface area contributed by atoms with Crippen molar-refractivity contribution in [1.82, 2.24) is 0 Å². The second-order valence-electron chi connectivity index (χ2n) is 7.23. The molecule has 0 aliphatic rings. The minimum Gasteiger partial charge on any atom is -0.493 e. The number of hydrogen-bond acceptors (Lipinski definition) is 5. The second-order valence-corrected chi connectivity index (χ2v) is 7.23. The van der Waals surface area contributed by atoms with Crippen molar-refractivity contribution in [3.8, 4) is 11.5 Å². The number of methoxy groups -OCH3 is 2. The van der Waals surface area contributed by atoms with Crippen LogP contribution in [-0.2, 0) is 16.1 Å². The molecule has 158 valence electrons. The van der Waals surface area contributed by atoms with Crippen LogP contribution in [0.3, 0.4) is 0 Å². The highest BCUT2D eigenvalue weighted by Crippen LogP contribution is 2.27. The van der Waals surface area contributed by atoms with Gasteiger partial charge in [-0.05, 0) is 31.0 Å². The van der Waals surface area contributed by atoms with E-state index in [1.165, 1.54) is 44.9 Å². The van der Waals surface area contributed by atoms with Gasteiger partial charge in [-0.15, -0.1) is 0 Å². The van der Waals surface area contributed by atoms with Crippen LogP contribution < -0.4 is 9.47 Å². The highest BCUT2D eigenvalue weighted by molar-refractivity contribution is 5.84. The zero-order chi connectivity index (χ0) is 20.6. The van der Waals surface area contributed by atoms with Gasteiger partial charge in [0.05, 0.1) is 19.9 Å². The molecular formula is C23H37NO4. The maximum Gasteiger partial charge on any atom is 0.335 e. The van der Waals surface area contributed by atoms with Crippen LogP contribution in [0, 0.1) is 0 Å². The minimum absolute atomic E-state index is 0.255. The van der Waals surface area contributed by atoms with Crippen molar-refractivity contribution >= 4 is 11.7 Å². The minimum atomic E-state index is -0.255. The molecule has 0 saturated carbocycles. The van der Waals surface area contributed by atoms with Crippen molar-refractivity contribution in [1.29, 1.82) is 0 Å². The van der Waals surface area contributed by atoms with Crippen LogP contribution in [-0.4, -0.2) is 25.9 Å². The Hall–Kier alpha value is -2.04. The summed E-state index contributed by atoms with van der Waals surface area (Å²) in [6, 6.07) is 5.71. The van der Waals surface area contributed by atoms with Gasteiger partial charge in [-0.1, -0.05) is 69.5 Å². The molecule has 28 heavy (non-hydrogen) atoms. The first-order valence-electron chi connectivity index (χ1n) is 10.5. The standard InChI is InChI=1S/C23H37NO4/c1-5-6-7-8-9-10-11-12-13-14-23(25)28-24-19(2)17-20-15-16-21(26-3)22(18-20)27-4/h15-16,18H,5-14,17H2,1-4H3/b24-19+. The molecule has 0 fully saturated rings. The fourth-order valence-corrected chi connectivity index (χ4v) is 3.07. The highest BCUT2D eigenvalue weighted by atomic mass is 16.7. The number of oxime groups is 1. The second kappa shape index (κ2) is 14.9. The Bertz CT molecular complexity index is 598. The van der Waals surface area contributed by atoms with Gasteiger partial charge in [-0.3, -0.25) is 0 Å². The summed E-state index contributed by atoms with van der Waals surface area (Å²) in [4.78, 5) is 16.9. The van der Waals surface area contributed by atoms with Crippen molar-refractivity contribution in [3.63, 3.8) is 0 Å². The molecule has 0 bridgehead atoms. The Kier molecular flexibility index (Phi) is 12.8. The largest absolute Gasteiger partial charge is 0.493 e. The van der Waals surface area contributed by atoms with Crippen molar-refractivity contribution in [3.05, 3.63) is 23.8 Å². The summed E-state index contributed by atoms with van der Waals surface area (Å²) in [5, 5.41) is 3.97. The lowest BCUT2D eigenvalue weighted by molar-refractivity contribution is -0.143. The van der Waals surface area contributed by atoms with Gasteiger partial charge < -0.3 is 14.3 Å². The maximum atomic E-state index is 11.8. The molecule has 5 nitrogen and oxygen atoms in total. The van der Waals surface area contributed by atoms with Gasteiger partial charge in [0.15, 0.2) is 11.5 Å². The molecule has 0 spiro atoms. The van der Waals surface area contributed by atoms with Crippen LogP contribution >= 0.6 is 0 Å². The quantitative estimate of drug-likeness (QED) is 0.157. The Morgan fingerprint density at radius 1 is 0.893 bits per heavy atom. The summed E-state index contributed by atoms with van der Waals surface area (Å²) in [5.41, 5.74) is 1.77. The molecule has 0 N–H and O–H groups in total. The van der Waals surface area contributed by atoms with Crippen LogP contribution in [0.4, 0.5) is 0 Å². The first-order valence-corrected chi connectivity index (χ1v) is 10.5. The molecule has 1 rings (SSSR count). The van der Waals surface area contributed by atoms with Gasteiger partial charge in [0.1, 0.15) is 0 Å². The highest BCUT2D eigenvalue weighted by Gasteiger charge is 2.07. The van der Waals surface area contributed by atoms with E-state index in [9.17, 15) is 4.79 Å². The van der Waals surface area contributed by atoms with Gasteiger partial charge in [0.2, 0.25) is 0 Å². The van der Waals surface area contributed by atoms with E-state index in [4.69, 9.17) is 14.3 Å². The van der Waals surface area contributed by atoms with Gasteiger partial charge in [0, 0.05) is 12.8 Å². The van der Waals surface area contributed by atoms with Crippen LogP contribution in [0.5, 0.6) is 11.5 Å². The molecule has 1 aromatic rings. The predicted octanol–water partition coefficient (Wildman–Crippen LogP) is 6.09. The van der Waals surface area contributed by atoms with Gasteiger partial charge in [0.25, 0.3) is 0 Å². The SMILES string of the molecule is CCCCCCCCCCCC(=O)O/N=C(\C)Cc1ccc(OC)c(OC)c1. The Morgan fingerprint density at radius 3 is 2.11 bits per heavy atom. The van der Waals surface area contributed by atoms with Crippen molar-refractivity contribution < 1.29 is 19.1 Å². The number of unbranched alkanes of at least 4 members (excludes halogenated alkanes) is 8. The molecule has 0 aromatic heterocycles. The van der Waals surface area contributed by atoms with Crippen molar-refractivity contribution in [2.45, 2.75) is 84.5 Å². The lowest BCUT2D eigenvalue weighted by atomic mass is 10.1. The average molecular weight is 392 g/mol. The first kappa shape index (κ1) is 24.0. The summed E-state index contributed by atoms with van der Waals surface area (Å²) >= 11 is 0. The molecule has 0 radical (unpaired) electrons. The number of benzene rings is 1. The van der Waals surface area contributed by atoms with Crippen LogP contribution in [0.15, 0.2) is 23.4 Å². The normalized spacial score (nSPS) is 11.4. The summed E-state index contributed by atoms with van der Waals surface area (Å²) in [7, 11) is 3.22. The van der Waals surface area contributed by atoms with Gasteiger partial charge in [-0.2, -0.15) is 0 Å². The molecule has 0 heterocycles. The van der Waals surface area contributed by atoms with Gasteiger partial charge in [-0.25, -0.2) is 4.79 Å². The third-order valence-corrected chi connectivity index (χ3v) is 4.70. The Balaban J connectivity index is 2.21. The number of rotatable bonds is 15. The van der Waals surface area contributed by atoms with E-state index in [0.29, 0.717) is 24.3 Å². The predicted molar refractivity (Wildman–Crippen MR) is 114 cm³/mol. The fourth-order valence-electron chi connectivity index (χ4n) is 3.07. The molecular weight excluding hydrogens is 354 g/mol. The van der Waals surface area contributed by atoms with Crippen molar-refractivity contribution in [2.75, 3.05) is 14.2 Å². The molecule has 0 atom stereocenters. The molecule has 1 aromatic carbocycles. The van der Waals surface area contributed by atoms with E-state index < -0.39 is 0 Å². The summed E-state index contributed by atoms with van der Waals surface area (Å²) in [6.45, 7) is 4.09. The maximum absolute atomic E-state index is 11.8. The Morgan fingerprint density at radius 2 is 1.50 bits per heavy atom. The topological polar surface area (TPSA) is 57.1 Å². The number of carbonyl (C=O) groups excluding carboxylic acids is 1. The van der Waals surface area contributed by atoms with Gasteiger partial charge >= 0.3 is 5.97 Å². The van der Waals surface area contributed by atoms with E-state index in [1.54, 1.807) is 14.2 Å². The van der Waals surface area contributed by atoms with E-state index in [-0.39, 0.29) is 5.97 Å². The number of ether oxygens (including phenoxy) is 2. The third kappa shape index (κ3) is 10.3. The summed E-state index contributed by atoms with van der Waals surface area (Å²) in [6.07, 6.45) is 12.1. The zero-order valence-electron chi connectivity index (χ0n) is 18.1. The lowest BCUT2D eigenvalue weighted by Gasteiger charge is -2.09. The number of carbonyl (C=O) groups is 1. The zero-order valence-corrected chi connectivity index (χ0v) is 18.1. The van der Waals surface area contributed by atoms with Crippen molar-refractivity contribution in [2.24, 2.45) is 5.16 Å². The molecule has 0 aliphatic carbocycles. The van der Waals surface area contributed by atoms with E-state index >= 15 is 0 Å². The first-order chi connectivity index (χ1) is 13.6. The van der Waals surface area contributed by atoms with E-state index in [1.807, 2.05) is 25.1 Å². The molecule has 0 amide bonds. The molecule has 0 saturated heterocycles. The molecule has 0 aliphatic heterocycles. The lowest BCUT2D eigenvalue weighted by Crippen LogP contribution is -2.04. The summed E-state index contributed by atoms with van der Waals surface area (Å²) in [5.74, 6) is 1.11. The average Bonchev–Trinajstić information content (AvgIpc) is 2.71. The number of hydrogen-bond donors (Lipinski definition) is 0. The molecule has 5 heteroatoms. The molecule has 0 unspecified atom stereocenters. The van der Waals surface area contributed by atoms with E-state index in [0.717, 1.165) is 24.1 Å². The summed E-state index contributed by atoms with van der Waals surface area (Å²) < 4.78 is 10.5. The van der Waals surface area contributed by atoms with E-state index in [2.05, 4.69) is 12.1 Å². The Labute approximate surface area is 170 Å². The monoisotopic (exact) mass is 391 g/mol. The fraction of sp³-hybridized carbons (Fsp3) is 0.652. The smallest absolute Gasteiger partial charge is 0.335 e. The third-order valence-electron chi connectivity index (χ3n) is 4.70.